The van der Waals surface area contributed by atoms with Crippen LogP contribution in [0, 0.1) is 0 Å². The third-order valence-corrected chi connectivity index (χ3v) is 6.14. The topological polar surface area (TPSA) is 38.4 Å². The molecular formula is C23H48ClN3. The molecule has 0 aromatic heterocycles. The fourth-order valence-corrected chi connectivity index (χ4v) is 4.23. The van der Waals surface area contributed by atoms with Crippen LogP contribution in [0.15, 0.2) is 4.99 Å². The highest BCUT2D eigenvalue weighted by Crippen LogP contribution is 2.18. The molecule has 0 aromatic rings. The van der Waals surface area contributed by atoms with Crippen molar-refractivity contribution >= 4 is 5.84 Å². The minimum absolute atomic E-state index is 0. The summed E-state index contributed by atoms with van der Waals surface area (Å²) in [4.78, 5) is 4.74. The molecule has 3 nitrogen and oxygen atoms in total. The molecule has 2 N–H and O–H groups in total. The van der Waals surface area contributed by atoms with Crippen LogP contribution in [0.4, 0.5) is 0 Å². The Hall–Kier alpha value is -0.120. The van der Waals surface area contributed by atoms with Crippen LogP contribution in [0.2, 0.25) is 0 Å². The molecule has 27 heavy (non-hydrogen) atoms. The maximum Gasteiger partial charge on any atom is 0.198 e. The largest absolute Gasteiger partial charge is 1.00 e. The quantitative estimate of drug-likeness (QED) is 0.278. The number of aliphatic imine (C=N–C) groups is 1. The number of amidine groups is 1. The molecule has 0 spiro atoms. The van der Waals surface area contributed by atoms with E-state index in [4.69, 9.17) is 10.7 Å². The van der Waals surface area contributed by atoms with Crippen molar-refractivity contribution in [3.05, 3.63) is 0 Å². The molecule has 0 bridgehead atoms. The fourth-order valence-electron chi connectivity index (χ4n) is 4.23. The SMILES string of the molecule is CCCCCCCCCCCCCCCCCC1=NCC[N+]1(C)CCN.[Cl-]. The average Bonchev–Trinajstić information content (AvgIpc) is 2.99. The van der Waals surface area contributed by atoms with Crippen LogP contribution in [-0.4, -0.2) is 43.5 Å². The van der Waals surface area contributed by atoms with Crippen molar-refractivity contribution in [1.82, 2.24) is 0 Å². The number of quaternary nitrogens is 1. The highest BCUT2D eigenvalue weighted by Gasteiger charge is 2.31. The number of hydrogen-bond donors (Lipinski definition) is 1. The molecule has 1 aliphatic heterocycles. The molecule has 0 aromatic carbocycles. The van der Waals surface area contributed by atoms with Crippen molar-refractivity contribution in [3.63, 3.8) is 0 Å². The molecule has 4 heteroatoms. The van der Waals surface area contributed by atoms with Gasteiger partial charge in [-0.25, -0.2) is 4.99 Å². The summed E-state index contributed by atoms with van der Waals surface area (Å²) in [6.45, 7) is 6.28. The van der Waals surface area contributed by atoms with Gasteiger partial charge in [0.25, 0.3) is 0 Å². The second-order valence-corrected chi connectivity index (χ2v) is 8.63. The third-order valence-electron chi connectivity index (χ3n) is 6.14. The van der Waals surface area contributed by atoms with E-state index in [1.54, 1.807) is 0 Å². The maximum atomic E-state index is 5.77. The van der Waals surface area contributed by atoms with Crippen LogP contribution in [0.3, 0.4) is 0 Å². The van der Waals surface area contributed by atoms with E-state index in [-0.39, 0.29) is 12.4 Å². The first-order valence-electron chi connectivity index (χ1n) is 11.8. The first kappa shape index (κ1) is 26.9. The number of unbranched alkanes of at least 4 members (excludes halogenated alkanes) is 14. The standard InChI is InChI=1S/C23H48N3.ClH/c1-3-4-5-6-7-8-9-10-11-12-13-14-15-16-17-18-23-25-20-22-26(23,2)21-19-24;/h3-22,24H2,1-2H3;1H/q+1;/p-1. The van der Waals surface area contributed by atoms with Crippen molar-refractivity contribution < 1.29 is 16.9 Å². The van der Waals surface area contributed by atoms with Gasteiger partial charge in [0, 0.05) is 13.0 Å². The summed E-state index contributed by atoms with van der Waals surface area (Å²) in [7, 11) is 2.31. The van der Waals surface area contributed by atoms with Gasteiger partial charge in [0.05, 0.1) is 20.1 Å². The van der Waals surface area contributed by atoms with E-state index in [0.717, 1.165) is 30.7 Å². The lowest BCUT2D eigenvalue weighted by molar-refractivity contribution is -0.813. The first-order chi connectivity index (χ1) is 12.7. The summed E-state index contributed by atoms with van der Waals surface area (Å²) in [6.07, 6.45) is 22.6. The van der Waals surface area contributed by atoms with E-state index >= 15 is 0 Å². The smallest absolute Gasteiger partial charge is 0.198 e. The zero-order valence-corrected chi connectivity index (χ0v) is 19.2. The predicted octanol–water partition coefficient (Wildman–Crippen LogP) is 3.07. The highest BCUT2D eigenvalue weighted by molar-refractivity contribution is 5.76. The minimum atomic E-state index is 0. The number of rotatable bonds is 18. The van der Waals surface area contributed by atoms with Gasteiger partial charge in [0.2, 0.25) is 0 Å². The lowest BCUT2D eigenvalue weighted by Crippen LogP contribution is -3.00. The predicted molar refractivity (Wildman–Crippen MR) is 117 cm³/mol. The van der Waals surface area contributed by atoms with Gasteiger partial charge in [-0.3, -0.25) is 4.48 Å². The Kier molecular flexibility index (Phi) is 17.9. The van der Waals surface area contributed by atoms with Gasteiger partial charge < -0.3 is 18.1 Å². The summed E-state index contributed by atoms with van der Waals surface area (Å²) in [5.41, 5.74) is 5.77. The zero-order valence-electron chi connectivity index (χ0n) is 18.5. The van der Waals surface area contributed by atoms with Crippen LogP contribution < -0.4 is 18.1 Å². The number of hydrogen-bond acceptors (Lipinski definition) is 2. The van der Waals surface area contributed by atoms with Crippen LogP contribution in [0.1, 0.15) is 110 Å². The molecular weight excluding hydrogens is 354 g/mol. The molecule has 0 fully saturated rings. The summed E-state index contributed by atoms with van der Waals surface area (Å²) in [6, 6.07) is 0. The van der Waals surface area contributed by atoms with E-state index < -0.39 is 0 Å². The number of likely N-dealkylation sites (N-methyl/N-ethyl adjacent to an activating group) is 1. The summed E-state index contributed by atoms with van der Waals surface area (Å²) in [5.74, 6) is 1.41. The van der Waals surface area contributed by atoms with Gasteiger partial charge >= 0.3 is 0 Å². The van der Waals surface area contributed by atoms with E-state index in [9.17, 15) is 0 Å². The maximum absolute atomic E-state index is 5.77. The van der Waals surface area contributed by atoms with E-state index in [1.165, 1.54) is 109 Å². The molecule has 162 valence electrons. The number of nitrogens with two attached hydrogens (primary N) is 1. The van der Waals surface area contributed by atoms with Gasteiger partial charge in [0.15, 0.2) is 5.84 Å². The van der Waals surface area contributed by atoms with Crippen molar-refractivity contribution in [1.29, 1.82) is 0 Å². The Labute approximate surface area is 176 Å². The molecule has 0 saturated heterocycles. The van der Waals surface area contributed by atoms with E-state index in [1.807, 2.05) is 0 Å². The first-order valence-corrected chi connectivity index (χ1v) is 11.8. The van der Waals surface area contributed by atoms with Crippen LogP contribution in [0.5, 0.6) is 0 Å². The Morgan fingerprint density at radius 3 is 1.67 bits per heavy atom. The molecule has 1 atom stereocenters. The van der Waals surface area contributed by atoms with Crippen molar-refractivity contribution in [2.45, 2.75) is 110 Å². The van der Waals surface area contributed by atoms with Gasteiger partial charge in [-0.1, -0.05) is 96.8 Å². The highest BCUT2D eigenvalue weighted by atomic mass is 35.5. The number of nitrogens with zero attached hydrogens (tertiary/aromatic N) is 2. The summed E-state index contributed by atoms with van der Waals surface area (Å²) in [5, 5.41) is 0. The fraction of sp³-hybridized carbons (Fsp3) is 0.957. The van der Waals surface area contributed by atoms with E-state index in [0.29, 0.717) is 0 Å². The monoisotopic (exact) mass is 401 g/mol. The summed E-state index contributed by atoms with van der Waals surface area (Å²) < 4.78 is 1.01. The van der Waals surface area contributed by atoms with Gasteiger partial charge in [-0.2, -0.15) is 0 Å². The van der Waals surface area contributed by atoms with E-state index in [2.05, 4.69) is 14.0 Å². The zero-order chi connectivity index (χ0) is 18.9. The second-order valence-electron chi connectivity index (χ2n) is 8.63. The minimum Gasteiger partial charge on any atom is -1.00 e. The second kappa shape index (κ2) is 17.9. The molecule has 1 aliphatic rings. The number of halogens is 1. The molecule has 0 aliphatic carbocycles. The molecule has 1 unspecified atom stereocenters. The Balaban J connectivity index is 0.00000676. The van der Waals surface area contributed by atoms with Gasteiger partial charge in [-0.05, 0) is 6.42 Å². The Morgan fingerprint density at radius 2 is 1.22 bits per heavy atom. The van der Waals surface area contributed by atoms with Gasteiger partial charge in [0.1, 0.15) is 6.54 Å². The van der Waals surface area contributed by atoms with Crippen molar-refractivity contribution in [2.75, 3.05) is 33.2 Å². The Bertz CT molecular complexity index is 360. The van der Waals surface area contributed by atoms with Crippen LogP contribution in [0.25, 0.3) is 0 Å². The molecule has 0 saturated carbocycles. The third kappa shape index (κ3) is 12.9. The van der Waals surface area contributed by atoms with Crippen molar-refractivity contribution in [3.8, 4) is 0 Å². The summed E-state index contributed by atoms with van der Waals surface area (Å²) >= 11 is 0. The molecule has 0 amide bonds. The molecule has 1 rings (SSSR count). The molecule has 1 heterocycles. The lowest BCUT2D eigenvalue weighted by Gasteiger charge is -2.29. The van der Waals surface area contributed by atoms with Crippen LogP contribution in [-0.2, 0) is 0 Å². The normalized spacial score (nSPS) is 19.1. The molecule has 0 radical (unpaired) electrons. The van der Waals surface area contributed by atoms with Crippen molar-refractivity contribution in [2.24, 2.45) is 10.7 Å². The van der Waals surface area contributed by atoms with Gasteiger partial charge in [-0.15, -0.1) is 0 Å². The lowest BCUT2D eigenvalue weighted by atomic mass is 10.0. The Morgan fingerprint density at radius 1 is 0.778 bits per heavy atom. The average molecular weight is 402 g/mol. The van der Waals surface area contributed by atoms with Crippen LogP contribution >= 0.6 is 0 Å².